The largest absolute Gasteiger partial charge is 0.453 e. The average Bonchev–Trinajstić information content (AvgIpc) is 3.15. The number of aliphatic hydroxyl groups is 1. The number of hydrogen-bond donors (Lipinski definition) is 2. The van der Waals surface area contributed by atoms with Crippen molar-refractivity contribution in [3.8, 4) is 0 Å². The lowest BCUT2D eigenvalue weighted by atomic mass is 10.1. The Balaban J connectivity index is 1.49. The molecule has 0 radical (unpaired) electrons. The molecule has 1 aliphatic heterocycles. The van der Waals surface area contributed by atoms with Gasteiger partial charge in [0.1, 0.15) is 11.9 Å². The molecule has 3 aromatic rings. The van der Waals surface area contributed by atoms with Crippen LogP contribution in [0, 0.1) is 0 Å². The molecular weight excluding hydrogens is 433 g/mol. The van der Waals surface area contributed by atoms with Crippen LogP contribution in [0.5, 0.6) is 0 Å². The summed E-state index contributed by atoms with van der Waals surface area (Å²) in [5, 5.41) is 12.1. The van der Waals surface area contributed by atoms with Crippen LogP contribution < -0.4 is 11.0 Å². The Morgan fingerprint density at radius 1 is 1.06 bits per heavy atom. The Morgan fingerprint density at radius 3 is 2.30 bits per heavy atom. The third-order valence-electron chi connectivity index (χ3n) is 5.08. The highest BCUT2D eigenvalue weighted by Crippen LogP contribution is 2.33. The molecule has 1 fully saturated rings. The monoisotopic (exact) mass is 453 g/mol. The molecule has 4 unspecified atom stereocenters. The Bertz CT molecular complexity index is 1190. The summed E-state index contributed by atoms with van der Waals surface area (Å²) in [5.74, 6) is -1.27. The number of hydrogen-bond acceptors (Lipinski definition) is 7. The fraction of sp³-hybridized carbons (Fsp3) is 0.217. The molecule has 4 atom stereocenters. The molecule has 1 aromatic heterocycles. The number of carbonyl (C=O) groups excluding carboxylic acids is 2. The molecule has 10 heteroatoms. The van der Waals surface area contributed by atoms with Crippen LogP contribution >= 0.6 is 0 Å². The van der Waals surface area contributed by atoms with E-state index >= 15 is 4.39 Å². The molecule has 9 nitrogen and oxygen atoms in total. The fourth-order valence-corrected chi connectivity index (χ4v) is 3.43. The van der Waals surface area contributed by atoms with E-state index in [4.69, 9.17) is 9.47 Å². The molecule has 33 heavy (non-hydrogen) atoms. The number of esters is 1. The maximum Gasteiger partial charge on any atom is 0.351 e. The van der Waals surface area contributed by atoms with Gasteiger partial charge in [-0.1, -0.05) is 36.4 Å². The van der Waals surface area contributed by atoms with Gasteiger partial charge in [0.25, 0.3) is 5.91 Å². The summed E-state index contributed by atoms with van der Waals surface area (Å²) in [7, 11) is 0. The van der Waals surface area contributed by atoms with Crippen molar-refractivity contribution in [1.82, 2.24) is 9.55 Å². The first-order chi connectivity index (χ1) is 16.0. The predicted octanol–water partition coefficient (Wildman–Crippen LogP) is 1.95. The zero-order valence-corrected chi connectivity index (χ0v) is 17.2. The van der Waals surface area contributed by atoms with Gasteiger partial charge < -0.3 is 19.9 Å². The van der Waals surface area contributed by atoms with Gasteiger partial charge in [0, 0.05) is 11.8 Å². The highest BCUT2D eigenvalue weighted by Gasteiger charge is 2.48. The molecule has 1 amide bonds. The van der Waals surface area contributed by atoms with Crippen molar-refractivity contribution in [2.75, 3.05) is 11.9 Å². The number of amides is 1. The van der Waals surface area contributed by atoms with E-state index < -0.39 is 48.8 Å². The molecule has 2 heterocycles. The normalized spacial score (nSPS) is 22.0. The number of halogens is 1. The van der Waals surface area contributed by atoms with Crippen molar-refractivity contribution in [3.05, 3.63) is 94.5 Å². The molecule has 0 bridgehead atoms. The number of aliphatic hydroxyl groups excluding tert-OH is 1. The van der Waals surface area contributed by atoms with E-state index in [2.05, 4.69) is 10.3 Å². The highest BCUT2D eigenvalue weighted by atomic mass is 19.1. The summed E-state index contributed by atoms with van der Waals surface area (Å²) < 4.78 is 26.8. The summed E-state index contributed by atoms with van der Waals surface area (Å²) in [6.45, 7) is -0.628. The molecule has 1 saturated heterocycles. The second-order valence-electron chi connectivity index (χ2n) is 7.25. The van der Waals surface area contributed by atoms with Crippen molar-refractivity contribution in [2.24, 2.45) is 0 Å². The second-order valence-corrected chi connectivity index (χ2v) is 7.25. The number of nitrogens with one attached hydrogen (secondary N) is 1. The number of alkyl halides is 1. The number of rotatable bonds is 6. The number of anilines is 1. The van der Waals surface area contributed by atoms with Crippen LogP contribution in [0.25, 0.3) is 0 Å². The molecule has 0 aliphatic carbocycles. The topological polar surface area (TPSA) is 120 Å². The molecule has 4 rings (SSSR count). The van der Waals surface area contributed by atoms with Crippen LogP contribution in [-0.4, -0.2) is 51.5 Å². The number of benzene rings is 2. The molecular formula is C23H20FN3O6. The van der Waals surface area contributed by atoms with Gasteiger partial charge in [-0.05, 0) is 30.3 Å². The quantitative estimate of drug-likeness (QED) is 0.548. The molecule has 2 aromatic carbocycles. The van der Waals surface area contributed by atoms with Gasteiger partial charge in [-0.25, -0.2) is 14.0 Å². The van der Waals surface area contributed by atoms with Crippen LogP contribution in [0.15, 0.2) is 77.7 Å². The number of nitrogens with zero attached hydrogens (tertiary/aromatic N) is 2. The average molecular weight is 453 g/mol. The smallest absolute Gasteiger partial charge is 0.351 e. The lowest BCUT2D eigenvalue weighted by molar-refractivity contribution is -0.0533. The van der Waals surface area contributed by atoms with Gasteiger partial charge in [0.2, 0.25) is 0 Å². The zero-order chi connectivity index (χ0) is 23.4. The Labute approximate surface area is 187 Å². The van der Waals surface area contributed by atoms with E-state index in [9.17, 15) is 19.5 Å². The predicted molar refractivity (Wildman–Crippen MR) is 114 cm³/mol. The molecule has 1 aliphatic rings. The SMILES string of the molecule is O=C(Nc1ccn(C2OC(CO)C(OC(=O)c3ccccc3)C2F)c(=O)n1)c1ccccc1. The minimum atomic E-state index is -1.95. The van der Waals surface area contributed by atoms with Gasteiger partial charge in [0.05, 0.1) is 12.2 Å². The third kappa shape index (κ3) is 4.81. The standard InChI is InChI=1S/C23H20FN3O6/c24-18-19(33-22(30)15-9-5-2-6-10-15)16(13-28)32-21(18)27-12-11-17(26-23(27)31)25-20(29)14-7-3-1-4-8-14/h1-12,16,18-19,21,28H,13H2,(H,25,26,29,31). The van der Waals surface area contributed by atoms with Crippen molar-refractivity contribution < 1.29 is 28.6 Å². The van der Waals surface area contributed by atoms with Crippen LogP contribution in [0.4, 0.5) is 10.2 Å². The Hall–Kier alpha value is -3.89. The summed E-state index contributed by atoms with van der Waals surface area (Å²) in [5.41, 5.74) is -0.303. The lowest BCUT2D eigenvalue weighted by Crippen LogP contribution is -2.37. The highest BCUT2D eigenvalue weighted by molar-refractivity contribution is 6.03. The lowest BCUT2D eigenvalue weighted by Gasteiger charge is -2.18. The maximum atomic E-state index is 15.2. The van der Waals surface area contributed by atoms with Crippen LogP contribution in [0.2, 0.25) is 0 Å². The van der Waals surface area contributed by atoms with Gasteiger partial charge in [0.15, 0.2) is 18.5 Å². The molecule has 2 N–H and O–H groups in total. The number of carbonyl (C=O) groups is 2. The summed E-state index contributed by atoms with van der Waals surface area (Å²) >= 11 is 0. The van der Waals surface area contributed by atoms with Crippen LogP contribution in [0.1, 0.15) is 26.9 Å². The van der Waals surface area contributed by atoms with Crippen LogP contribution in [-0.2, 0) is 9.47 Å². The third-order valence-corrected chi connectivity index (χ3v) is 5.08. The zero-order valence-electron chi connectivity index (χ0n) is 17.2. The number of ether oxygens (including phenoxy) is 2. The fourth-order valence-electron chi connectivity index (χ4n) is 3.43. The first-order valence-corrected chi connectivity index (χ1v) is 10.1. The van der Waals surface area contributed by atoms with Crippen molar-refractivity contribution >= 4 is 17.7 Å². The van der Waals surface area contributed by atoms with Crippen molar-refractivity contribution in [3.63, 3.8) is 0 Å². The van der Waals surface area contributed by atoms with E-state index in [1.165, 1.54) is 24.4 Å². The van der Waals surface area contributed by atoms with E-state index in [0.29, 0.717) is 5.56 Å². The summed E-state index contributed by atoms with van der Waals surface area (Å²) in [6.07, 6.45) is -4.82. The van der Waals surface area contributed by atoms with Gasteiger partial charge in [-0.3, -0.25) is 9.36 Å². The van der Waals surface area contributed by atoms with E-state index in [-0.39, 0.29) is 11.4 Å². The van der Waals surface area contributed by atoms with Crippen LogP contribution in [0.3, 0.4) is 0 Å². The summed E-state index contributed by atoms with van der Waals surface area (Å²) in [6, 6.07) is 17.6. The molecule has 0 spiro atoms. The van der Waals surface area contributed by atoms with E-state index in [0.717, 1.165) is 4.57 Å². The minimum absolute atomic E-state index is 0.0238. The first kappa shape index (κ1) is 22.3. The van der Waals surface area contributed by atoms with Gasteiger partial charge >= 0.3 is 11.7 Å². The summed E-state index contributed by atoms with van der Waals surface area (Å²) in [4.78, 5) is 40.9. The van der Waals surface area contributed by atoms with Gasteiger partial charge in [-0.2, -0.15) is 4.98 Å². The molecule has 170 valence electrons. The first-order valence-electron chi connectivity index (χ1n) is 10.1. The van der Waals surface area contributed by atoms with E-state index in [1.54, 1.807) is 48.5 Å². The van der Waals surface area contributed by atoms with Crippen molar-refractivity contribution in [1.29, 1.82) is 0 Å². The molecule has 0 saturated carbocycles. The Morgan fingerprint density at radius 2 is 1.70 bits per heavy atom. The van der Waals surface area contributed by atoms with E-state index in [1.807, 2.05) is 0 Å². The maximum absolute atomic E-state index is 15.2. The Kier molecular flexibility index (Phi) is 6.57. The minimum Gasteiger partial charge on any atom is -0.453 e. The van der Waals surface area contributed by atoms with Crippen molar-refractivity contribution in [2.45, 2.75) is 24.6 Å². The number of aromatic nitrogens is 2. The van der Waals surface area contributed by atoms with Gasteiger partial charge in [-0.15, -0.1) is 0 Å². The second kappa shape index (κ2) is 9.72.